The van der Waals surface area contributed by atoms with E-state index in [1.807, 2.05) is 0 Å². The number of hydrogen-bond donors (Lipinski definition) is 0. The third kappa shape index (κ3) is 249. The summed E-state index contributed by atoms with van der Waals surface area (Å²) in [6.45, 7) is 0. The molecule has 0 N–H and O–H groups in total. The SMILES string of the molecule is [Cl-].[Cl-].[Cl-].[Cl-].[Cl-].[Cl-].[Cl-].[Cl-].[Cl-].[Cl-].[Cl-].[Cl-].[Cl-].[Cl-].[Mg+2].[Mg+2].[Mg+2].[Mg+2].[Mg+2].[Mg+2].[Mg+2]. The van der Waals surface area contributed by atoms with Crippen LogP contribution in [0.1, 0.15) is 0 Å². The van der Waals surface area contributed by atoms with Gasteiger partial charge in [-0.1, -0.05) is 0 Å². The van der Waals surface area contributed by atoms with Crippen LogP contribution in [0, 0.1) is 0 Å². The van der Waals surface area contributed by atoms with E-state index >= 15 is 0 Å². The maximum atomic E-state index is 0. The van der Waals surface area contributed by atoms with Gasteiger partial charge in [-0.3, -0.25) is 0 Å². The summed E-state index contributed by atoms with van der Waals surface area (Å²) in [4.78, 5) is 0. The first-order chi connectivity index (χ1) is 0. The van der Waals surface area contributed by atoms with Gasteiger partial charge in [0.15, 0.2) is 0 Å². The van der Waals surface area contributed by atoms with Gasteiger partial charge in [-0.05, 0) is 0 Å². The molecule has 0 bridgehead atoms. The summed E-state index contributed by atoms with van der Waals surface area (Å²) in [5.74, 6) is 0. The molecule has 0 rings (SSSR count). The van der Waals surface area contributed by atoms with Crippen LogP contribution in [0.15, 0.2) is 0 Å². The van der Waals surface area contributed by atoms with E-state index in [2.05, 4.69) is 0 Å². The van der Waals surface area contributed by atoms with Crippen LogP contribution in [-0.4, -0.2) is 161 Å². The Bertz CT molecular complexity index is 19.3. The van der Waals surface area contributed by atoms with E-state index in [1.165, 1.54) is 0 Å². The molecular weight excluding hydrogens is 666 g/mol. The second-order valence-corrected chi connectivity index (χ2v) is 0. The zero-order valence-corrected chi connectivity index (χ0v) is 30.7. The molecule has 0 aromatic rings. The van der Waals surface area contributed by atoms with Crippen molar-refractivity contribution in [3.05, 3.63) is 0 Å². The maximum absolute atomic E-state index is 0. The number of rotatable bonds is 0. The molecular formula is Cl14Mg7. The largest absolute Gasteiger partial charge is 2.00 e. The van der Waals surface area contributed by atoms with E-state index in [4.69, 9.17) is 0 Å². The van der Waals surface area contributed by atoms with Gasteiger partial charge < -0.3 is 174 Å². The van der Waals surface area contributed by atoms with E-state index in [1.54, 1.807) is 0 Å². The average molecular weight is 666 g/mol. The van der Waals surface area contributed by atoms with Crippen molar-refractivity contribution in [3.63, 3.8) is 0 Å². The Morgan fingerprint density at radius 3 is 0.0952 bits per heavy atom. The van der Waals surface area contributed by atoms with Crippen molar-refractivity contribution in [2.45, 2.75) is 0 Å². The molecule has 0 amide bonds. The zero-order valence-electron chi connectivity index (χ0n) is 10.2. The Labute approximate surface area is 327 Å². The smallest absolute Gasteiger partial charge is 1.00 e. The van der Waals surface area contributed by atoms with Crippen molar-refractivity contribution < 1.29 is 174 Å². The second kappa shape index (κ2) is 268. The zero-order chi connectivity index (χ0) is 0. The molecule has 0 aliphatic carbocycles. The maximum Gasteiger partial charge on any atom is 2.00 e. The molecule has 0 heterocycles. The molecule has 0 saturated carbocycles. The molecule has 0 fully saturated rings. The predicted octanol–water partition coefficient (Wildman–Crippen LogP) is -44.6. The Hall–Kier alpha value is 9.42. The summed E-state index contributed by atoms with van der Waals surface area (Å²) in [6, 6.07) is 0. The number of hydrogen-bond acceptors (Lipinski definition) is 0. The van der Waals surface area contributed by atoms with Crippen LogP contribution >= 0.6 is 0 Å². The first kappa shape index (κ1) is 297. The second-order valence-electron chi connectivity index (χ2n) is 0. The monoisotopic (exact) mass is 657 g/mol. The first-order valence-electron chi connectivity index (χ1n) is 0. The fourth-order valence-electron chi connectivity index (χ4n) is 0. The van der Waals surface area contributed by atoms with Crippen LogP contribution in [0.2, 0.25) is 0 Å². The molecule has 0 unspecified atom stereocenters. The predicted molar refractivity (Wildman–Crippen MR) is 40.3 cm³/mol. The molecule has 0 nitrogen and oxygen atoms in total. The average Bonchev–Trinajstić information content (AvgIpc) is 0. The molecule has 0 radical (unpaired) electrons. The van der Waals surface area contributed by atoms with Gasteiger partial charge in [0, 0.05) is 0 Å². The molecule has 0 atom stereocenters. The minimum atomic E-state index is 0. The molecule has 112 valence electrons. The van der Waals surface area contributed by atoms with Crippen molar-refractivity contribution >= 4 is 161 Å². The summed E-state index contributed by atoms with van der Waals surface area (Å²) >= 11 is 0. The van der Waals surface area contributed by atoms with E-state index < -0.39 is 0 Å². The van der Waals surface area contributed by atoms with Gasteiger partial charge in [0.1, 0.15) is 0 Å². The van der Waals surface area contributed by atoms with Crippen LogP contribution in [-0.2, 0) is 0 Å². The molecule has 0 aromatic heterocycles. The molecule has 21 heavy (non-hydrogen) atoms. The van der Waals surface area contributed by atoms with Crippen molar-refractivity contribution in [2.75, 3.05) is 0 Å². The van der Waals surface area contributed by atoms with E-state index in [0.29, 0.717) is 0 Å². The first-order valence-corrected chi connectivity index (χ1v) is 0. The Balaban J connectivity index is 0. The molecule has 0 aromatic carbocycles. The van der Waals surface area contributed by atoms with Crippen molar-refractivity contribution in [2.24, 2.45) is 0 Å². The summed E-state index contributed by atoms with van der Waals surface area (Å²) in [7, 11) is 0. The molecule has 0 aliphatic rings. The summed E-state index contributed by atoms with van der Waals surface area (Å²) in [5.41, 5.74) is 0. The standard InChI is InChI=1S/14ClH.7Mg/h14*1H;;;;;;;/q;;;;;;;;;;;;;;7*+2/p-14. The minimum absolute atomic E-state index is 0. The number of halogens is 14. The third-order valence-electron chi connectivity index (χ3n) is 0. The van der Waals surface area contributed by atoms with Gasteiger partial charge in [0.05, 0.1) is 0 Å². The summed E-state index contributed by atoms with van der Waals surface area (Å²) in [5, 5.41) is 0. The van der Waals surface area contributed by atoms with Gasteiger partial charge in [0.25, 0.3) is 0 Å². The van der Waals surface area contributed by atoms with Gasteiger partial charge in [-0.15, -0.1) is 0 Å². The van der Waals surface area contributed by atoms with Gasteiger partial charge in [0.2, 0.25) is 0 Å². The van der Waals surface area contributed by atoms with Crippen LogP contribution < -0.4 is 174 Å². The van der Waals surface area contributed by atoms with Gasteiger partial charge in [-0.2, -0.15) is 0 Å². The molecule has 21 heteroatoms. The van der Waals surface area contributed by atoms with E-state index in [9.17, 15) is 0 Å². The Morgan fingerprint density at radius 1 is 0.0952 bits per heavy atom. The Morgan fingerprint density at radius 2 is 0.0952 bits per heavy atom. The molecule has 0 spiro atoms. The summed E-state index contributed by atoms with van der Waals surface area (Å²) in [6.07, 6.45) is 0. The fraction of sp³-hybridized carbons (Fsp3) is 0. The quantitative estimate of drug-likeness (QED) is 0.226. The third-order valence-corrected chi connectivity index (χ3v) is 0. The fourth-order valence-corrected chi connectivity index (χ4v) is 0. The molecule has 0 saturated heterocycles. The van der Waals surface area contributed by atoms with E-state index in [0.717, 1.165) is 0 Å². The van der Waals surface area contributed by atoms with Gasteiger partial charge in [-0.25, -0.2) is 0 Å². The summed E-state index contributed by atoms with van der Waals surface area (Å²) < 4.78 is 0. The molecule has 0 aliphatic heterocycles. The van der Waals surface area contributed by atoms with Crippen LogP contribution in [0.5, 0.6) is 0 Å². The van der Waals surface area contributed by atoms with Crippen LogP contribution in [0.4, 0.5) is 0 Å². The van der Waals surface area contributed by atoms with Crippen LogP contribution in [0.3, 0.4) is 0 Å². The van der Waals surface area contributed by atoms with Crippen molar-refractivity contribution in [1.29, 1.82) is 0 Å². The van der Waals surface area contributed by atoms with Gasteiger partial charge >= 0.3 is 161 Å². The normalized spacial score (nSPS) is 0. The van der Waals surface area contributed by atoms with Crippen molar-refractivity contribution in [1.82, 2.24) is 0 Å². The topological polar surface area (TPSA) is 0 Å². The minimum Gasteiger partial charge on any atom is -1.00 e. The van der Waals surface area contributed by atoms with Crippen molar-refractivity contribution in [3.8, 4) is 0 Å². The van der Waals surface area contributed by atoms with E-state index in [-0.39, 0.29) is 335 Å². The van der Waals surface area contributed by atoms with Crippen LogP contribution in [0.25, 0.3) is 0 Å². The Kier molecular flexibility index (Phi) is 3780.